The lowest BCUT2D eigenvalue weighted by Gasteiger charge is -2.11. The maximum absolute atomic E-state index is 4.44. The zero-order valence-corrected chi connectivity index (χ0v) is 37.3. The number of hydrogen-bond acceptors (Lipinski definition) is 6. The standard InChI is InChI=1S/2C10H12N2.C9H11N3.C9H12N3.4C2H6/c1-8(2)9-3-4-12-7-11-6-10(12)5-9;1-8(2)9-7-11-10-5-3-4-6-12(9)10;1-7(2)8-3-4-12-6-10-5-9(12)11-8;1-7(2)8-3-4-10-9-11-5-6-12(8)9;4*1-2/h2*3-8H,1-2H3;3-7H,1-2H3;3-7,9H,1-2H3;4*1-2H3/q;;;+1;;;;. The molecule has 304 valence electrons. The highest BCUT2D eigenvalue weighted by Crippen LogP contribution is 2.19. The summed E-state index contributed by atoms with van der Waals surface area (Å²) in [6.45, 7) is 33.4. The minimum absolute atomic E-state index is 0.0209. The fourth-order valence-electron chi connectivity index (χ4n) is 5.26. The number of imidazole rings is 3. The van der Waals surface area contributed by atoms with Crippen molar-refractivity contribution in [2.24, 2.45) is 15.9 Å². The van der Waals surface area contributed by atoms with Gasteiger partial charge in [-0.2, -0.15) is 9.57 Å². The number of fused-ring (bicyclic) bond motifs is 4. The molecular weight excluding hydrogens is 693 g/mol. The van der Waals surface area contributed by atoms with Crippen molar-refractivity contribution in [2.75, 3.05) is 0 Å². The Hall–Kier alpha value is -5.25. The van der Waals surface area contributed by atoms with Crippen LogP contribution in [0.15, 0.2) is 108 Å². The van der Waals surface area contributed by atoms with Crippen LogP contribution in [0.1, 0.15) is 145 Å². The van der Waals surface area contributed by atoms with Crippen molar-refractivity contribution in [3.05, 3.63) is 115 Å². The number of allylic oxidation sites excluding steroid dienone is 2. The first-order valence-corrected chi connectivity index (χ1v) is 20.6. The highest BCUT2D eigenvalue weighted by molar-refractivity contribution is 6.14. The van der Waals surface area contributed by atoms with Crippen molar-refractivity contribution < 1.29 is 4.58 Å². The maximum atomic E-state index is 4.44. The van der Waals surface area contributed by atoms with Crippen molar-refractivity contribution in [1.82, 2.24) is 33.1 Å². The Morgan fingerprint density at radius 2 is 1.25 bits per heavy atom. The van der Waals surface area contributed by atoms with Gasteiger partial charge in [0.25, 0.3) is 0 Å². The molecule has 10 nitrogen and oxygen atoms in total. The van der Waals surface area contributed by atoms with Gasteiger partial charge in [0.2, 0.25) is 0 Å². The predicted molar refractivity (Wildman–Crippen MR) is 241 cm³/mol. The Morgan fingerprint density at radius 1 is 0.607 bits per heavy atom. The summed E-state index contributed by atoms with van der Waals surface area (Å²) in [5.41, 5.74) is 8.15. The van der Waals surface area contributed by atoms with Gasteiger partial charge < -0.3 is 8.80 Å². The van der Waals surface area contributed by atoms with Crippen LogP contribution in [0.25, 0.3) is 16.8 Å². The van der Waals surface area contributed by atoms with E-state index in [-0.39, 0.29) is 6.29 Å². The lowest BCUT2D eigenvalue weighted by atomic mass is 10.1. The molecule has 0 aromatic carbocycles. The first kappa shape index (κ1) is 48.8. The summed E-state index contributed by atoms with van der Waals surface area (Å²) in [5.74, 6) is 2.12. The molecular formula is C46H71N10+. The quantitative estimate of drug-likeness (QED) is 0.167. The van der Waals surface area contributed by atoms with Crippen LogP contribution in [0.4, 0.5) is 0 Å². The van der Waals surface area contributed by atoms with E-state index in [1.165, 1.54) is 22.5 Å². The molecule has 0 amide bonds. The number of hydrogen-bond donors (Lipinski definition) is 0. The van der Waals surface area contributed by atoms with Crippen LogP contribution in [-0.4, -0.2) is 62.6 Å². The van der Waals surface area contributed by atoms with Gasteiger partial charge in [-0.05, 0) is 53.6 Å². The molecule has 0 aliphatic carbocycles. The minimum Gasteiger partial charge on any atom is -0.306 e. The zero-order valence-electron chi connectivity index (χ0n) is 37.3. The van der Waals surface area contributed by atoms with Gasteiger partial charge in [0.05, 0.1) is 30.5 Å². The fraction of sp³-hybridized carbons (Fsp3) is 0.457. The molecule has 0 saturated heterocycles. The van der Waals surface area contributed by atoms with Gasteiger partial charge in [-0.3, -0.25) is 4.40 Å². The third-order valence-corrected chi connectivity index (χ3v) is 8.08. The van der Waals surface area contributed by atoms with Crippen LogP contribution in [0.2, 0.25) is 0 Å². The van der Waals surface area contributed by atoms with Crippen LogP contribution >= 0.6 is 0 Å². The number of rotatable bonds is 4. The molecule has 1 atom stereocenters. The van der Waals surface area contributed by atoms with Crippen molar-refractivity contribution in [1.29, 1.82) is 0 Å². The van der Waals surface area contributed by atoms with Crippen molar-refractivity contribution in [3.8, 4) is 0 Å². The maximum Gasteiger partial charge on any atom is 0.351 e. The van der Waals surface area contributed by atoms with Gasteiger partial charge in [-0.25, -0.2) is 24.9 Å². The van der Waals surface area contributed by atoms with Crippen molar-refractivity contribution in [3.63, 3.8) is 0 Å². The monoisotopic (exact) mass is 764 g/mol. The molecule has 0 N–H and O–H groups in total. The molecule has 6 aromatic rings. The Bertz CT molecular complexity index is 1990. The second-order valence-corrected chi connectivity index (χ2v) is 13.0. The second-order valence-electron chi connectivity index (χ2n) is 13.0. The summed E-state index contributed by atoms with van der Waals surface area (Å²) >= 11 is 0. The van der Waals surface area contributed by atoms with Crippen LogP contribution in [-0.2, 0) is 0 Å². The summed E-state index contributed by atoms with van der Waals surface area (Å²) in [4.78, 5) is 25.2. The third kappa shape index (κ3) is 14.1. The van der Waals surface area contributed by atoms with Crippen LogP contribution in [0, 0.1) is 5.92 Å². The molecule has 8 heterocycles. The summed E-state index contributed by atoms with van der Waals surface area (Å²) in [7, 11) is 0. The Morgan fingerprint density at radius 3 is 1.89 bits per heavy atom. The lowest BCUT2D eigenvalue weighted by molar-refractivity contribution is -0.512. The Balaban J connectivity index is 0.000000352. The van der Waals surface area contributed by atoms with E-state index in [0.29, 0.717) is 23.7 Å². The Kier molecular flexibility index (Phi) is 23.1. The number of aromatic nitrogens is 7. The first-order chi connectivity index (χ1) is 27.1. The average molecular weight is 764 g/mol. The zero-order chi connectivity index (χ0) is 42.2. The molecule has 2 aliphatic rings. The summed E-state index contributed by atoms with van der Waals surface area (Å²) in [5, 5.41) is 0. The normalized spacial score (nSPS) is 13.2. The molecule has 8 rings (SSSR count). The number of aliphatic imine (C=N–C) groups is 2. The van der Waals surface area contributed by atoms with Crippen LogP contribution in [0.5, 0.6) is 0 Å². The van der Waals surface area contributed by atoms with E-state index in [1.54, 1.807) is 12.5 Å². The van der Waals surface area contributed by atoms with E-state index in [2.05, 4.69) is 119 Å². The highest BCUT2D eigenvalue weighted by Gasteiger charge is 2.29. The van der Waals surface area contributed by atoms with Crippen LogP contribution in [0.3, 0.4) is 0 Å². The minimum atomic E-state index is -0.0209. The summed E-state index contributed by atoms with van der Waals surface area (Å²) < 4.78 is 8.16. The van der Waals surface area contributed by atoms with Gasteiger partial charge in [-0.1, -0.05) is 117 Å². The van der Waals surface area contributed by atoms with E-state index < -0.39 is 0 Å². The Labute approximate surface area is 338 Å². The SMILES string of the molecule is CC.CC.CC.CC.CC(C)C1=CC=NC2N=CC=[N+]12.CC(C)c1ccn2cncc2c1.CC(C)c1ccn2cncc2n1.CC(C)c1cnc2ccccn12. The van der Waals surface area contributed by atoms with E-state index in [4.69, 9.17) is 0 Å². The van der Waals surface area contributed by atoms with E-state index in [0.717, 1.165) is 17.0 Å². The largest absolute Gasteiger partial charge is 0.351 e. The second kappa shape index (κ2) is 26.5. The van der Waals surface area contributed by atoms with Crippen molar-refractivity contribution >= 4 is 35.5 Å². The highest BCUT2D eigenvalue weighted by atomic mass is 15.3. The van der Waals surface area contributed by atoms with E-state index in [1.807, 2.05) is 138 Å². The number of nitrogens with zero attached hydrogens (tertiary/aromatic N) is 10. The van der Waals surface area contributed by atoms with Gasteiger partial charge in [0.15, 0.2) is 17.6 Å². The fourth-order valence-corrected chi connectivity index (χ4v) is 5.26. The average Bonchev–Trinajstić information content (AvgIpc) is 4.07. The lowest BCUT2D eigenvalue weighted by Crippen LogP contribution is -2.25. The molecule has 6 aromatic heterocycles. The molecule has 10 heteroatoms. The molecule has 0 saturated carbocycles. The van der Waals surface area contributed by atoms with Gasteiger partial charge in [-0.15, -0.1) is 0 Å². The molecule has 0 fully saturated rings. The number of pyridine rings is 2. The molecule has 1 unspecified atom stereocenters. The van der Waals surface area contributed by atoms with E-state index >= 15 is 0 Å². The van der Waals surface area contributed by atoms with Crippen molar-refractivity contribution in [2.45, 2.75) is 135 Å². The van der Waals surface area contributed by atoms with Gasteiger partial charge >= 0.3 is 6.29 Å². The van der Waals surface area contributed by atoms with Gasteiger partial charge in [0.1, 0.15) is 12.0 Å². The van der Waals surface area contributed by atoms with Crippen LogP contribution < -0.4 is 0 Å². The molecule has 0 bridgehead atoms. The molecule has 56 heavy (non-hydrogen) atoms. The molecule has 2 aliphatic heterocycles. The summed E-state index contributed by atoms with van der Waals surface area (Å²) in [6, 6.07) is 12.4. The predicted octanol–water partition coefficient (Wildman–Crippen LogP) is 11.9. The topological polar surface area (TPSA) is 92.5 Å². The summed E-state index contributed by atoms with van der Waals surface area (Å²) in [6.07, 6.45) is 22.9. The third-order valence-electron chi connectivity index (χ3n) is 8.08. The smallest absolute Gasteiger partial charge is 0.306 e. The molecule has 0 spiro atoms. The van der Waals surface area contributed by atoms with E-state index in [9.17, 15) is 0 Å². The first-order valence-electron chi connectivity index (χ1n) is 20.6. The molecule has 0 radical (unpaired) electrons. The van der Waals surface area contributed by atoms with Gasteiger partial charge in [0, 0.05) is 54.4 Å².